The number of carbonyl (C=O) groups excluding carboxylic acids is 2. The lowest BCUT2D eigenvalue weighted by Crippen LogP contribution is -2.54. The molecule has 0 radical (unpaired) electrons. The number of rotatable bonds is 5. The van der Waals surface area contributed by atoms with Gasteiger partial charge in [-0.15, -0.1) is 0 Å². The molecule has 0 spiro atoms. The Labute approximate surface area is 235 Å². The molecular formula is C33H25N5O3. The molecule has 200 valence electrons. The summed E-state index contributed by atoms with van der Waals surface area (Å²) in [5, 5.41) is 4.70. The van der Waals surface area contributed by atoms with Crippen molar-refractivity contribution in [2.45, 2.75) is 11.3 Å². The lowest BCUT2D eigenvalue weighted by Gasteiger charge is -2.52. The van der Waals surface area contributed by atoms with Crippen LogP contribution in [0.3, 0.4) is 0 Å². The number of carbonyl (C=O) groups is 2. The number of fused-ring (bicyclic) bond motifs is 1. The number of hydrogen-bond acceptors (Lipinski definition) is 6. The highest BCUT2D eigenvalue weighted by Crippen LogP contribution is 2.64. The molecule has 1 fully saturated rings. The number of anilines is 2. The molecule has 2 atom stereocenters. The number of aromatic nitrogens is 2. The Morgan fingerprint density at radius 3 is 2.27 bits per heavy atom. The molecule has 2 bridgehead atoms. The molecule has 2 N–H and O–H groups in total. The van der Waals surface area contributed by atoms with Crippen LogP contribution in [0.4, 0.5) is 11.6 Å². The average Bonchev–Trinajstić information content (AvgIpc) is 3.55. The number of aromatic amines is 1. The van der Waals surface area contributed by atoms with Crippen molar-refractivity contribution in [2.75, 3.05) is 17.4 Å². The largest absolute Gasteiger partial charge is 0.495 e. The van der Waals surface area contributed by atoms with Crippen LogP contribution in [0.2, 0.25) is 0 Å². The number of imide groups is 1. The van der Waals surface area contributed by atoms with Gasteiger partial charge >= 0.3 is 0 Å². The third-order valence-electron chi connectivity index (χ3n) is 8.84. The molecule has 4 aromatic carbocycles. The second-order valence-electron chi connectivity index (χ2n) is 10.7. The molecular weight excluding hydrogens is 514 g/mol. The fourth-order valence-electron chi connectivity index (χ4n) is 7.30. The third kappa shape index (κ3) is 3.10. The fourth-order valence-corrected chi connectivity index (χ4v) is 7.30. The number of imidazole rings is 1. The number of hydrogen-bond donors (Lipinski definition) is 2. The molecule has 4 aliphatic rings. The quantitative estimate of drug-likeness (QED) is 0.181. The SMILES string of the molecule is COc1ccccc1N1C(=O)[C@@H]2C3c4ccccc4C(/C=N\Nc4nc5ccccc5[nH]4)(c4ccccc43)[C@@H]2C1=O. The molecule has 8 nitrogen and oxygen atoms in total. The molecule has 41 heavy (non-hydrogen) atoms. The van der Waals surface area contributed by atoms with E-state index in [1.807, 2.05) is 66.9 Å². The zero-order chi connectivity index (χ0) is 27.7. The minimum Gasteiger partial charge on any atom is -0.495 e. The van der Waals surface area contributed by atoms with Crippen LogP contribution in [0.1, 0.15) is 28.2 Å². The molecule has 1 saturated heterocycles. The van der Waals surface area contributed by atoms with E-state index in [0.717, 1.165) is 33.3 Å². The lowest BCUT2D eigenvalue weighted by molar-refractivity contribution is -0.122. The highest BCUT2D eigenvalue weighted by Gasteiger charge is 2.68. The minimum atomic E-state index is -0.977. The van der Waals surface area contributed by atoms with E-state index in [1.54, 1.807) is 19.2 Å². The summed E-state index contributed by atoms with van der Waals surface area (Å²) in [6.07, 6.45) is 1.81. The van der Waals surface area contributed by atoms with Gasteiger partial charge in [-0.3, -0.25) is 9.59 Å². The summed E-state index contributed by atoms with van der Waals surface area (Å²) in [5.74, 6) is -1.03. The number of methoxy groups -OCH3 is 1. The van der Waals surface area contributed by atoms with Gasteiger partial charge in [-0.1, -0.05) is 72.8 Å². The molecule has 0 unspecified atom stereocenters. The molecule has 2 heterocycles. The van der Waals surface area contributed by atoms with Crippen LogP contribution in [0, 0.1) is 11.8 Å². The zero-order valence-electron chi connectivity index (χ0n) is 22.1. The number of nitrogens with zero attached hydrogens (tertiary/aromatic N) is 3. The van der Waals surface area contributed by atoms with Crippen LogP contribution in [-0.4, -0.2) is 35.1 Å². The van der Waals surface area contributed by atoms with Gasteiger partial charge in [0.15, 0.2) is 0 Å². The minimum absolute atomic E-state index is 0.221. The molecule has 9 rings (SSSR count). The van der Waals surface area contributed by atoms with E-state index in [2.05, 4.69) is 39.7 Å². The van der Waals surface area contributed by atoms with Crippen LogP contribution in [0.15, 0.2) is 102 Å². The van der Waals surface area contributed by atoms with Crippen LogP contribution in [0.25, 0.3) is 11.0 Å². The van der Waals surface area contributed by atoms with Gasteiger partial charge < -0.3 is 9.72 Å². The number of amides is 2. The lowest BCUT2D eigenvalue weighted by atomic mass is 9.47. The molecule has 1 aromatic heterocycles. The number of nitrogens with one attached hydrogen (secondary N) is 2. The maximum Gasteiger partial charge on any atom is 0.239 e. The third-order valence-corrected chi connectivity index (χ3v) is 8.84. The van der Waals surface area contributed by atoms with Crippen molar-refractivity contribution in [1.29, 1.82) is 0 Å². The number of ether oxygens (including phenoxy) is 1. The van der Waals surface area contributed by atoms with Gasteiger partial charge in [0, 0.05) is 12.1 Å². The van der Waals surface area contributed by atoms with Gasteiger partial charge in [0.05, 0.1) is 41.1 Å². The molecule has 1 aliphatic heterocycles. The predicted molar refractivity (Wildman–Crippen MR) is 156 cm³/mol. The Hall–Kier alpha value is -5.24. The smallest absolute Gasteiger partial charge is 0.239 e. The van der Waals surface area contributed by atoms with E-state index < -0.39 is 17.3 Å². The summed E-state index contributed by atoms with van der Waals surface area (Å²) < 4.78 is 5.57. The predicted octanol–water partition coefficient (Wildman–Crippen LogP) is 5.22. The Morgan fingerprint density at radius 2 is 1.54 bits per heavy atom. The standard InChI is InChI=1S/C33H25N5O3/c1-41-26-17-9-8-16-25(26)38-30(39)28-27-19-10-2-4-12-21(19)33(29(28)31(38)40,22-13-5-3-11-20(22)27)18-34-37-32-35-23-14-6-7-15-24(23)36-32/h2-18,27-29H,1H3,(H2,35,36,37)/b34-18-/t27?,28-,29+,33?/m1/s1. The van der Waals surface area contributed by atoms with Gasteiger partial charge in [-0.05, 0) is 46.5 Å². The first kappa shape index (κ1) is 23.6. The second-order valence-corrected chi connectivity index (χ2v) is 10.7. The summed E-state index contributed by atoms with van der Waals surface area (Å²) >= 11 is 0. The number of benzene rings is 4. The number of H-pyrrole nitrogens is 1. The monoisotopic (exact) mass is 539 g/mol. The summed E-state index contributed by atoms with van der Waals surface area (Å²) in [6.45, 7) is 0. The first-order valence-corrected chi connectivity index (χ1v) is 13.6. The Balaban J connectivity index is 1.32. The fraction of sp³-hybridized carbons (Fsp3) is 0.152. The van der Waals surface area contributed by atoms with Crippen molar-refractivity contribution < 1.29 is 14.3 Å². The van der Waals surface area contributed by atoms with E-state index in [0.29, 0.717) is 17.4 Å². The van der Waals surface area contributed by atoms with Gasteiger partial charge in [0.2, 0.25) is 17.8 Å². The molecule has 5 aromatic rings. The van der Waals surface area contributed by atoms with E-state index >= 15 is 0 Å². The summed E-state index contributed by atoms with van der Waals surface area (Å²) in [7, 11) is 1.55. The van der Waals surface area contributed by atoms with Gasteiger partial charge in [-0.25, -0.2) is 15.3 Å². The highest BCUT2D eigenvalue weighted by atomic mass is 16.5. The first-order chi connectivity index (χ1) is 20.1. The maximum atomic E-state index is 14.5. The Bertz CT molecular complexity index is 1830. The van der Waals surface area contributed by atoms with Crippen LogP contribution >= 0.6 is 0 Å². The van der Waals surface area contributed by atoms with Gasteiger partial charge in [0.1, 0.15) is 5.75 Å². The zero-order valence-corrected chi connectivity index (χ0v) is 22.1. The van der Waals surface area contributed by atoms with Gasteiger partial charge in [-0.2, -0.15) is 5.10 Å². The van der Waals surface area contributed by atoms with Crippen molar-refractivity contribution in [1.82, 2.24) is 9.97 Å². The van der Waals surface area contributed by atoms with Crippen LogP contribution in [-0.2, 0) is 15.0 Å². The van der Waals surface area contributed by atoms with Crippen LogP contribution in [0.5, 0.6) is 5.75 Å². The normalized spacial score (nSPS) is 24.0. The Kier molecular flexibility index (Phi) is 4.97. The number of hydrazone groups is 1. The summed E-state index contributed by atoms with van der Waals surface area (Å²) in [4.78, 5) is 38.0. The molecule has 0 saturated carbocycles. The highest BCUT2D eigenvalue weighted by molar-refractivity contribution is 6.25. The van der Waals surface area contributed by atoms with Crippen molar-refractivity contribution in [3.8, 4) is 5.75 Å². The van der Waals surface area contributed by atoms with E-state index in [1.165, 1.54) is 4.90 Å². The maximum absolute atomic E-state index is 14.5. The van der Waals surface area contributed by atoms with Crippen LogP contribution < -0.4 is 15.1 Å². The Morgan fingerprint density at radius 1 is 0.878 bits per heavy atom. The van der Waals surface area contributed by atoms with E-state index in [-0.39, 0.29) is 17.7 Å². The van der Waals surface area contributed by atoms with Crippen molar-refractivity contribution in [2.24, 2.45) is 16.9 Å². The molecule has 8 heteroatoms. The van der Waals surface area contributed by atoms with E-state index in [4.69, 9.17) is 9.84 Å². The van der Waals surface area contributed by atoms with Crippen molar-refractivity contribution in [3.05, 3.63) is 119 Å². The van der Waals surface area contributed by atoms with Crippen molar-refractivity contribution in [3.63, 3.8) is 0 Å². The average molecular weight is 540 g/mol. The van der Waals surface area contributed by atoms with Gasteiger partial charge in [0.25, 0.3) is 0 Å². The van der Waals surface area contributed by atoms with E-state index in [9.17, 15) is 9.59 Å². The molecule has 3 aliphatic carbocycles. The number of para-hydroxylation sites is 4. The summed E-state index contributed by atoms with van der Waals surface area (Å²) in [6, 6.07) is 31.1. The first-order valence-electron chi connectivity index (χ1n) is 13.6. The molecule has 2 amide bonds. The topological polar surface area (TPSA) is 99.7 Å². The van der Waals surface area contributed by atoms with Crippen molar-refractivity contribution >= 4 is 40.7 Å². The second kappa shape index (κ2) is 8.63. The summed E-state index contributed by atoms with van der Waals surface area (Å²) in [5.41, 5.74) is 8.32.